The van der Waals surface area contributed by atoms with Crippen molar-refractivity contribution in [1.29, 1.82) is 0 Å². The highest BCUT2D eigenvalue weighted by atomic mass is 32.1. The first-order chi connectivity index (χ1) is 14.6. The van der Waals surface area contributed by atoms with E-state index in [2.05, 4.69) is 41.2 Å². The van der Waals surface area contributed by atoms with Gasteiger partial charge in [0.05, 0.1) is 5.16 Å². The quantitative estimate of drug-likeness (QED) is 0.276. The minimum atomic E-state index is -0.792. The third kappa shape index (κ3) is 5.42. The maximum Gasteiger partial charge on any atom is 0.153 e. The number of aliphatic imine (C=N–C) groups is 1. The molecular formula is C26H25F2NS. The van der Waals surface area contributed by atoms with Crippen LogP contribution in [-0.2, 0) is 0 Å². The lowest BCUT2D eigenvalue weighted by Crippen LogP contribution is -2.13. The normalized spacial score (nSPS) is 20.7. The van der Waals surface area contributed by atoms with Crippen LogP contribution in [0.3, 0.4) is 0 Å². The molecule has 2 fully saturated rings. The number of hydrogen-bond acceptors (Lipinski definition) is 2. The Balaban J connectivity index is 1.36. The first-order valence-electron chi connectivity index (χ1n) is 10.8. The van der Waals surface area contributed by atoms with Gasteiger partial charge in [-0.25, -0.2) is 8.78 Å². The predicted octanol–water partition coefficient (Wildman–Crippen LogP) is 7.56. The molecule has 1 nitrogen and oxygen atoms in total. The van der Waals surface area contributed by atoms with Gasteiger partial charge in [-0.15, -0.1) is 0 Å². The van der Waals surface area contributed by atoms with E-state index in [0.717, 1.165) is 29.5 Å². The maximum atomic E-state index is 13.9. The van der Waals surface area contributed by atoms with E-state index in [1.807, 2.05) is 17.3 Å². The van der Waals surface area contributed by atoms with Gasteiger partial charge in [0.2, 0.25) is 0 Å². The highest BCUT2D eigenvalue weighted by molar-refractivity contribution is 7.78. The summed E-state index contributed by atoms with van der Waals surface area (Å²) in [5, 5.41) is 1.98. The predicted molar refractivity (Wildman–Crippen MR) is 120 cm³/mol. The van der Waals surface area contributed by atoms with E-state index in [-0.39, 0.29) is 5.56 Å². The van der Waals surface area contributed by atoms with Gasteiger partial charge in [0.1, 0.15) is 5.69 Å². The molecule has 0 atom stereocenters. The fourth-order valence-electron chi connectivity index (χ4n) is 4.44. The largest absolute Gasteiger partial charge is 0.204 e. The first-order valence-corrected chi connectivity index (χ1v) is 11.2. The van der Waals surface area contributed by atoms with Crippen molar-refractivity contribution in [3.63, 3.8) is 0 Å². The van der Waals surface area contributed by atoms with Crippen molar-refractivity contribution in [1.82, 2.24) is 0 Å². The first kappa shape index (κ1) is 20.9. The van der Waals surface area contributed by atoms with Gasteiger partial charge in [0.25, 0.3) is 0 Å². The van der Waals surface area contributed by atoms with Crippen LogP contribution in [0.15, 0.2) is 41.4 Å². The summed E-state index contributed by atoms with van der Waals surface area (Å²) in [4.78, 5) is 3.41. The highest BCUT2D eigenvalue weighted by Gasteiger charge is 2.26. The lowest BCUT2D eigenvalue weighted by atomic mass is 9.77. The van der Waals surface area contributed by atoms with Crippen molar-refractivity contribution < 1.29 is 8.78 Å². The fraction of sp³-hybridized carbons (Fsp3) is 0.423. The summed E-state index contributed by atoms with van der Waals surface area (Å²) >= 11 is 4.41. The summed E-state index contributed by atoms with van der Waals surface area (Å²) in [6.45, 7) is 0. The Morgan fingerprint density at radius 1 is 0.800 bits per heavy atom. The minimum absolute atomic E-state index is 0.266. The van der Waals surface area contributed by atoms with E-state index < -0.39 is 17.3 Å². The number of rotatable bonds is 5. The fourth-order valence-corrected chi connectivity index (χ4v) is 4.53. The molecule has 0 aromatic heterocycles. The molecule has 30 heavy (non-hydrogen) atoms. The van der Waals surface area contributed by atoms with Crippen LogP contribution in [0.2, 0.25) is 0 Å². The Kier molecular flexibility index (Phi) is 6.72. The molecule has 0 saturated heterocycles. The van der Waals surface area contributed by atoms with E-state index in [1.165, 1.54) is 56.9 Å². The monoisotopic (exact) mass is 421 g/mol. The minimum Gasteiger partial charge on any atom is -0.204 e. The molecule has 2 saturated carbocycles. The van der Waals surface area contributed by atoms with E-state index in [0.29, 0.717) is 5.92 Å². The molecule has 0 aliphatic heterocycles. The van der Waals surface area contributed by atoms with E-state index in [1.54, 1.807) is 0 Å². The van der Waals surface area contributed by atoms with Crippen LogP contribution in [-0.4, -0.2) is 5.16 Å². The number of isothiocyanates is 1. The number of benzene rings is 2. The summed E-state index contributed by atoms with van der Waals surface area (Å²) in [6.07, 6.45) is 11.0. The Morgan fingerprint density at radius 2 is 1.33 bits per heavy atom. The summed E-state index contributed by atoms with van der Waals surface area (Å²) in [7, 11) is 0. The number of thiocarbonyl (C=S) groups is 1. The lowest BCUT2D eigenvalue weighted by Gasteiger charge is -2.29. The molecular weight excluding hydrogens is 396 g/mol. The van der Waals surface area contributed by atoms with Crippen molar-refractivity contribution in [2.45, 2.75) is 57.3 Å². The van der Waals surface area contributed by atoms with Crippen LogP contribution in [0.1, 0.15) is 74.0 Å². The van der Waals surface area contributed by atoms with Crippen LogP contribution in [0.25, 0.3) is 0 Å². The Labute approximate surface area is 182 Å². The van der Waals surface area contributed by atoms with Gasteiger partial charge in [-0.2, -0.15) is 4.99 Å². The summed E-state index contributed by atoms with van der Waals surface area (Å²) in [5.41, 5.74) is 2.04. The van der Waals surface area contributed by atoms with Crippen molar-refractivity contribution in [2.24, 2.45) is 16.8 Å². The third-order valence-corrected chi connectivity index (χ3v) is 6.53. The summed E-state index contributed by atoms with van der Waals surface area (Å²) in [6, 6.07) is 10.6. The van der Waals surface area contributed by atoms with E-state index >= 15 is 0 Å². The molecule has 4 heteroatoms. The van der Waals surface area contributed by atoms with Gasteiger partial charge < -0.3 is 0 Å². The molecule has 0 radical (unpaired) electrons. The second-order valence-corrected chi connectivity index (χ2v) is 8.78. The molecule has 154 valence electrons. The second-order valence-electron chi connectivity index (χ2n) is 8.60. The number of halogens is 2. The summed E-state index contributed by atoms with van der Waals surface area (Å²) in [5.74, 6) is 6.84. The second kappa shape index (κ2) is 9.65. The van der Waals surface area contributed by atoms with Gasteiger partial charge in [-0.1, -0.05) is 49.7 Å². The third-order valence-electron chi connectivity index (χ3n) is 6.43. The molecule has 2 aromatic carbocycles. The SMILES string of the molecule is Fc1cc(C#Cc2ccc(C3CCC(CCC4CC4)CC3)cc2)cc(F)c1N=C=S. The number of nitrogens with zero attached hydrogens (tertiary/aromatic N) is 1. The van der Waals surface area contributed by atoms with Crippen LogP contribution in [0.5, 0.6) is 0 Å². The molecule has 2 aliphatic carbocycles. The van der Waals surface area contributed by atoms with Gasteiger partial charge >= 0.3 is 0 Å². The standard InChI is InChI=1S/C26H25F2NS/c27-24-15-21(16-25(28)26(24)29-17-30)6-5-20-9-13-23(14-10-20)22-11-7-19(8-12-22)4-3-18-1-2-18/h9-10,13-16,18-19,22H,1-4,7-8,11-12H2. The van der Waals surface area contributed by atoms with Crippen molar-refractivity contribution in [3.05, 3.63) is 64.7 Å². The van der Waals surface area contributed by atoms with Crippen LogP contribution in [0.4, 0.5) is 14.5 Å². The molecule has 0 bridgehead atoms. The van der Waals surface area contributed by atoms with E-state index in [4.69, 9.17) is 0 Å². The molecule has 0 spiro atoms. The van der Waals surface area contributed by atoms with Gasteiger partial charge in [-0.3, -0.25) is 0 Å². The van der Waals surface area contributed by atoms with Crippen molar-refractivity contribution in [3.8, 4) is 11.8 Å². The van der Waals surface area contributed by atoms with Gasteiger partial charge in [0, 0.05) is 11.1 Å². The van der Waals surface area contributed by atoms with E-state index in [9.17, 15) is 8.78 Å². The summed E-state index contributed by atoms with van der Waals surface area (Å²) < 4.78 is 27.8. The van der Waals surface area contributed by atoms with Gasteiger partial charge in [0.15, 0.2) is 11.6 Å². The van der Waals surface area contributed by atoms with Crippen LogP contribution in [0, 0.1) is 35.3 Å². The number of hydrogen-bond donors (Lipinski definition) is 0. The van der Waals surface area contributed by atoms with Crippen LogP contribution >= 0.6 is 12.2 Å². The zero-order valence-electron chi connectivity index (χ0n) is 17.0. The smallest absolute Gasteiger partial charge is 0.153 e. The molecule has 0 N–H and O–H groups in total. The average molecular weight is 422 g/mol. The molecule has 0 amide bonds. The zero-order chi connectivity index (χ0) is 20.9. The Morgan fingerprint density at radius 3 is 1.87 bits per heavy atom. The zero-order valence-corrected chi connectivity index (χ0v) is 17.8. The molecule has 0 unspecified atom stereocenters. The highest BCUT2D eigenvalue weighted by Crippen LogP contribution is 2.41. The van der Waals surface area contributed by atoms with Gasteiger partial charge in [-0.05, 0) is 85.5 Å². The molecule has 0 heterocycles. The average Bonchev–Trinajstić information content (AvgIpc) is 3.59. The maximum absolute atomic E-state index is 13.9. The lowest BCUT2D eigenvalue weighted by molar-refractivity contribution is 0.301. The topological polar surface area (TPSA) is 12.4 Å². The molecule has 4 rings (SSSR count). The Bertz CT molecular complexity index is 977. The molecule has 2 aliphatic rings. The van der Waals surface area contributed by atoms with Crippen molar-refractivity contribution >= 4 is 23.1 Å². The Hall–Kier alpha value is -2.34. The van der Waals surface area contributed by atoms with Crippen molar-refractivity contribution in [2.75, 3.05) is 0 Å². The molecule has 2 aromatic rings. The van der Waals surface area contributed by atoms with Crippen LogP contribution < -0.4 is 0 Å².